The van der Waals surface area contributed by atoms with E-state index < -0.39 is 0 Å². The lowest BCUT2D eigenvalue weighted by molar-refractivity contribution is 0.164. The number of rotatable bonds is 7. The number of aromatic nitrogens is 3. The number of hydrogen-bond acceptors (Lipinski definition) is 5. The van der Waals surface area contributed by atoms with Crippen molar-refractivity contribution >= 4 is 11.8 Å². The fourth-order valence-electron chi connectivity index (χ4n) is 1.58. The van der Waals surface area contributed by atoms with Gasteiger partial charge in [0.2, 0.25) is 0 Å². The molecule has 1 aromatic rings. The number of thioether (sulfide) groups is 1. The standard InChI is InChI=1S/C10H18N4OS/c1-2-15-5-6-16-10-13-12-9(7-11)14(10)8-3-4-8/h8H,2-7,11H2,1H3. The van der Waals surface area contributed by atoms with Crippen molar-refractivity contribution in [1.82, 2.24) is 14.8 Å². The summed E-state index contributed by atoms with van der Waals surface area (Å²) in [5, 5.41) is 9.30. The van der Waals surface area contributed by atoms with Gasteiger partial charge < -0.3 is 15.0 Å². The van der Waals surface area contributed by atoms with Gasteiger partial charge in [0.1, 0.15) is 5.82 Å². The van der Waals surface area contributed by atoms with Crippen molar-refractivity contribution in [2.45, 2.75) is 37.5 Å². The predicted molar refractivity (Wildman–Crippen MR) is 63.4 cm³/mol. The van der Waals surface area contributed by atoms with Crippen LogP contribution >= 0.6 is 11.8 Å². The van der Waals surface area contributed by atoms with E-state index in [2.05, 4.69) is 14.8 Å². The zero-order chi connectivity index (χ0) is 11.4. The smallest absolute Gasteiger partial charge is 0.191 e. The minimum Gasteiger partial charge on any atom is -0.381 e. The Morgan fingerprint density at radius 3 is 2.94 bits per heavy atom. The first-order valence-electron chi connectivity index (χ1n) is 5.71. The maximum absolute atomic E-state index is 5.65. The third-order valence-electron chi connectivity index (χ3n) is 2.49. The Morgan fingerprint density at radius 1 is 1.50 bits per heavy atom. The molecule has 0 spiro atoms. The zero-order valence-corrected chi connectivity index (χ0v) is 10.4. The van der Waals surface area contributed by atoms with Crippen LogP contribution in [0.25, 0.3) is 0 Å². The van der Waals surface area contributed by atoms with Gasteiger partial charge in [0.25, 0.3) is 0 Å². The van der Waals surface area contributed by atoms with Crippen LogP contribution in [0.3, 0.4) is 0 Å². The molecule has 0 amide bonds. The van der Waals surface area contributed by atoms with Crippen LogP contribution in [-0.2, 0) is 11.3 Å². The lowest BCUT2D eigenvalue weighted by Crippen LogP contribution is -2.08. The number of nitrogens with zero attached hydrogens (tertiary/aromatic N) is 3. The second-order valence-corrected chi connectivity index (χ2v) is 4.81. The minimum atomic E-state index is 0.468. The summed E-state index contributed by atoms with van der Waals surface area (Å²) < 4.78 is 7.49. The summed E-state index contributed by atoms with van der Waals surface area (Å²) in [6.07, 6.45) is 2.45. The Hall–Kier alpha value is -0.590. The van der Waals surface area contributed by atoms with Crippen molar-refractivity contribution in [3.8, 4) is 0 Å². The molecule has 90 valence electrons. The van der Waals surface area contributed by atoms with Gasteiger partial charge in [-0.1, -0.05) is 11.8 Å². The van der Waals surface area contributed by atoms with Crippen LogP contribution in [0.2, 0.25) is 0 Å². The molecule has 16 heavy (non-hydrogen) atoms. The maximum Gasteiger partial charge on any atom is 0.191 e. The lowest BCUT2D eigenvalue weighted by Gasteiger charge is -2.07. The Labute approximate surface area is 99.7 Å². The number of hydrogen-bond donors (Lipinski definition) is 1. The van der Waals surface area contributed by atoms with Crippen LogP contribution in [0.15, 0.2) is 5.16 Å². The summed E-state index contributed by atoms with van der Waals surface area (Å²) in [7, 11) is 0. The van der Waals surface area contributed by atoms with E-state index in [-0.39, 0.29) is 0 Å². The van der Waals surface area contributed by atoms with Gasteiger partial charge in [-0.25, -0.2) is 0 Å². The summed E-state index contributed by atoms with van der Waals surface area (Å²) in [4.78, 5) is 0. The van der Waals surface area contributed by atoms with Crippen LogP contribution in [0.1, 0.15) is 31.6 Å². The van der Waals surface area contributed by atoms with E-state index in [1.54, 1.807) is 11.8 Å². The fraction of sp³-hybridized carbons (Fsp3) is 0.800. The maximum atomic E-state index is 5.65. The van der Waals surface area contributed by atoms with Gasteiger partial charge in [-0.3, -0.25) is 0 Å². The van der Waals surface area contributed by atoms with Crippen molar-refractivity contribution in [3.05, 3.63) is 5.82 Å². The highest BCUT2D eigenvalue weighted by Crippen LogP contribution is 2.38. The number of nitrogens with two attached hydrogens (primary N) is 1. The molecule has 0 unspecified atom stereocenters. The van der Waals surface area contributed by atoms with Crippen molar-refractivity contribution < 1.29 is 4.74 Å². The normalized spacial score (nSPS) is 15.6. The molecule has 0 atom stereocenters. The van der Waals surface area contributed by atoms with E-state index in [4.69, 9.17) is 10.5 Å². The lowest BCUT2D eigenvalue weighted by atomic mass is 10.5. The van der Waals surface area contributed by atoms with Gasteiger partial charge >= 0.3 is 0 Å². The second-order valence-electron chi connectivity index (χ2n) is 3.75. The van der Waals surface area contributed by atoms with Gasteiger partial charge in [0.15, 0.2) is 5.16 Å². The molecule has 0 aromatic carbocycles. The van der Waals surface area contributed by atoms with Crippen LogP contribution in [0.5, 0.6) is 0 Å². The molecular weight excluding hydrogens is 224 g/mol. The predicted octanol–water partition coefficient (Wildman–Crippen LogP) is 1.20. The summed E-state index contributed by atoms with van der Waals surface area (Å²) in [6, 6.07) is 0.586. The molecule has 1 saturated carbocycles. The molecule has 1 aromatic heterocycles. The average Bonchev–Trinajstić information content (AvgIpc) is 3.06. The topological polar surface area (TPSA) is 66.0 Å². The van der Waals surface area contributed by atoms with Gasteiger partial charge in [-0.2, -0.15) is 0 Å². The monoisotopic (exact) mass is 242 g/mol. The summed E-state index contributed by atoms with van der Waals surface area (Å²) in [5.74, 6) is 1.82. The molecule has 1 aliphatic rings. The molecule has 2 N–H and O–H groups in total. The largest absolute Gasteiger partial charge is 0.381 e. The second kappa shape index (κ2) is 5.65. The van der Waals surface area contributed by atoms with E-state index in [1.165, 1.54) is 12.8 Å². The Bertz CT molecular complexity index is 338. The molecule has 0 radical (unpaired) electrons. The van der Waals surface area contributed by atoms with Gasteiger partial charge in [-0.15, -0.1) is 10.2 Å². The quantitative estimate of drug-likeness (QED) is 0.575. The zero-order valence-electron chi connectivity index (χ0n) is 9.56. The van der Waals surface area contributed by atoms with Crippen LogP contribution in [0.4, 0.5) is 0 Å². The summed E-state index contributed by atoms with van der Waals surface area (Å²) >= 11 is 1.70. The molecule has 0 saturated heterocycles. The van der Waals surface area contributed by atoms with Crippen molar-refractivity contribution in [2.75, 3.05) is 19.0 Å². The highest BCUT2D eigenvalue weighted by atomic mass is 32.2. The van der Waals surface area contributed by atoms with E-state index in [1.807, 2.05) is 6.92 Å². The first-order chi connectivity index (χ1) is 7.86. The van der Waals surface area contributed by atoms with Gasteiger partial charge in [0, 0.05) is 18.4 Å². The van der Waals surface area contributed by atoms with Crippen molar-refractivity contribution in [3.63, 3.8) is 0 Å². The van der Waals surface area contributed by atoms with Gasteiger partial charge in [-0.05, 0) is 19.8 Å². The van der Waals surface area contributed by atoms with E-state index in [9.17, 15) is 0 Å². The minimum absolute atomic E-state index is 0.468. The van der Waals surface area contributed by atoms with Crippen molar-refractivity contribution in [2.24, 2.45) is 5.73 Å². The molecule has 5 nitrogen and oxygen atoms in total. The van der Waals surface area contributed by atoms with E-state index in [0.717, 1.165) is 29.9 Å². The van der Waals surface area contributed by atoms with E-state index >= 15 is 0 Å². The Morgan fingerprint density at radius 2 is 2.31 bits per heavy atom. The highest BCUT2D eigenvalue weighted by molar-refractivity contribution is 7.99. The van der Waals surface area contributed by atoms with Gasteiger partial charge in [0.05, 0.1) is 13.2 Å². The summed E-state index contributed by atoms with van der Waals surface area (Å²) in [5.41, 5.74) is 5.65. The fourth-order valence-corrected chi connectivity index (χ4v) is 2.46. The molecule has 0 aliphatic heterocycles. The first kappa shape index (κ1) is 11.9. The van der Waals surface area contributed by atoms with Crippen molar-refractivity contribution in [1.29, 1.82) is 0 Å². The first-order valence-corrected chi connectivity index (χ1v) is 6.69. The number of ether oxygens (including phenoxy) is 1. The Balaban J connectivity index is 1.94. The highest BCUT2D eigenvalue weighted by Gasteiger charge is 2.28. The van der Waals surface area contributed by atoms with E-state index in [0.29, 0.717) is 12.6 Å². The molecule has 2 rings (SSSR count). The SMILES string of the molecule is CCOCCSc1nnc(CN)n1C1CC1. The third kappa shape index (κ3) is 2.75. The third-order valence-corrected chi connectivity index (χ3v) is 3.40. The molecule has 1 aliphatic carbocycles. The van der Waals surface area contributed by atoms with Crippen LogP contribution in [0, 0.1) is 0 Å². The molecule has 6 heteroatoms. The summed E-state index contributed by atoms with van der Waals surface area (Å²) in [6.45, 7) is 4.00. The molecular formula is C10H18N4OS. The Kier molecular flexibility index (Phi) is 4.20. The van der Waals surface area contributed by atoms with Crippen LogP contribution in [-0.4, -0.2) is 33.7 Å². The molecule has 0 bridgehead atoms. The average molecular weight is 242 g/mol. The molecule has 1 heterocycles. The van der Waals surface area contributed by atoms with Crippen LogP contribution < -0.4 is 5.73 Å². The molecule has 1 fully saturated rings.